The molecule has 1 aromatic carbocycles. The maximum Gasteiger partial charge on any atom is 0.115 e. The third-order valence-electron chi connectivity index (χ3n) is 3.42. The van der Waals surface area contributed by atoms with Crippen LogP contribution in [0.15, 0.2) is 24.4 Å². The maximum absolute atomic E-state index is 9.25. The van der Waals surface area contributed by atoms with Crippen LogP contribution in [0.1, 0.15) is 17.1 Å². The van der Waals surface area contributed by atoms with E-state index in [2.05, 4.69) is 16.2 Å². The molecule has 2 aromatic heterocycles. The molecule has 0 radical (unpaired) electrons. The lowest BCUT2D eigenvalue weighted by Crippen LogP contribution is -2.02. The van der Waals surface area contributed by atoms with Crippen LogP contribution in [0, 0.1) is 18.3 Å². The third kappa shape index (κ3) is 2.18. The number of imidazole rings is 1. The minimum Gasteiger partial charge on any atom is -0.293 e. The zero-order valence-electron chi connectivity index (χ0n) is 11.8. The molecule has 0 N–H and O–H groups in total. The zero-order valence-corrected chi connectivity index (χ0v) is 12.6. The molecule has 0 aliphatic rings. The van der Waals surface area contributed by atoms with Gasteiger partial charge < -0.3 is 0 Å². The summed E-state index contributed by atoms with van der Waals surface area (Å²) in [4.78, 5) is 4.62. The van der Waals surface area contributed by atoms with Gasteiger partial charge in [-0.1, -0.05) is 6.07 Å². The van der Waals surface area contributed by atoms with Gasteiger partial charge in [0.05, 0.1) is 22.5 Å². The summed E-state index contributed by atoms with van der Waals surface area (Å²) in [6.07, 6.45) is 2.59. The molecule has 0 saturated heterocycles. The van der Waals surface area contributed by atoms with Crippen molar-refractivity contribution in [3.63, 3.8) is 0 Å². The number of nitriles is 1. The predicted molar refractivity (Wildman–Crippen MR) is 81.7 cm³/mol. The number of fused-ring (bicyclic) bond motifs is 1. The lowest BCUT2D eigenvalue weighted by molar-refractivity contribution is 0.756. The van der Waals surface area contributed by atoms with Crippen LogP contribution in [-0.2, 0) is 13.5 Å². The average Bonchev–Trinajstić information content (AvgIpc) is 2.98. The van der Waals surface area contributed by atoms with Gasteiger partial charge in [0.2, 0.25) is 0 Å². The lowest BCUT2D eigenvalue weighted by atomic mass is 10.2. The molecule has 0 spiro atoms. The number of aromatic nitrogens is 4. The molecule has 0 saturated carbocycles. The maximum atomic E-state index is 9.25. The molecule has 3 aromatic rings. The van der Waals surface area contributed by atoms with Crippen LogP contribution >= 0.6 is 11.6 Å². The SMILES string of the molecule is Cc1nn(C)cc1-n1c(CCCl)nc2c(C#N)cccc21. The quantitative estimate of drug-likeness (QED) is 0.699. The number of aryl methyl sites for hydroxylation is 3. The van der Waals surface area contributed by atoms with Gasteiger partial charge in [0.25, 0.3) is 0 Å². The number of para-hydroxylation sites is 1. The number of halogens is 1. The van der Waals surface area contributed by atoms with Gasteiger partial charge >= 0.3 is 0 Å². The zero-order chi connectivity index (χ0) is 15.0. The van der Waals surface area contributed by atoms with Gasteiger partial charge in [-0.25, -0.2) is 4.98 Å². The van der Waals surface area contributed by atoms with E-state index in [1.165, 1.54) is 0 Å². The van der Waals surface area contributed by atoms with E-state index < -0.39 is 0 Å². The standard InChI is InChI=1S/C15H14ClN5/c1-10-13(9-20(2)19-10)21-12-5-3-4-11(8-17)15(12)18-14(21)6-7-16/h3-5,9H,6-7H2,1-2H3. The van der Waals surface area contributed by atoms with E-state index in [4.69, 9.17) is 11.6 Å². The number of rotatable bonds is 3. The first kappa shape index (κ1) is 13.7. The first-order chi connectivity index (χ1) is 10.2. The summed E-state index contributed by atoms with van der Waals surface area (Å²) in [5, 5.41) is 13.6. The molecule has 0 aliphatic heterocycles. The highest BCUT2D eigenvalue weighted by atomic mass is 35.5. The Morgan fingerprint density at radius 1 is 1.38 bits per heavy atom. The molecule has 0 atom stereocenters. The van der Waals surface area contributed by atoms with Gasteiger partial charge in [-0.05, 0) is 19.1 Å². The number of benzene rings is 1. The molecule has 2 heterocycles. The molecular formula is C15H14ClN5. The van der Waals surface area contributed by atoms with Gasteiger partial charge in [-0.15, -0.1) is 11.6 Å². The summed E-state index contributed by atoms with van der Waals surface area (Å²) in [7, 11) is 1.89. The topological polar surface area (TPSA) is 59.4 Å². The van der Waals surface area contributed by atoms with Crippen molar-refractivity contribution in [2.24, 2.45) is 7.05 Å². The van der Waals surface area contributed by atoms with E-state index in [0.717, 1.165) is 22.7 Å². The Kier molecular flexibility index (Phi) is 3.40. The normalized spacial score (nSPS) is 11.0. The van der Waals surface area contributed by atoms with Crippen molar-refractivity contribution in [1.29, 1.82) is 5.26 Å². The second kappa shape index (κ2) is 5.23. The molecule has 0 amide bonds. The summed E-state index contributed by atoms with van der Waals surface area (Å²) >= 11 is 5.90. The van der Waals surface area contributed by atoms with Crippen LogP contribution in [-0.4, -0.2) is 25.2 Å². The van der Waals surface area contributed by atoms with E-state index in [9.17, 15) is 5.26 Å². The predicted octanol–water partition coefficient (Wildman–Crippen LogP) is 2.72. The van der Waals surface area contributed by atoms with Crippen LogP contribution in [0.25, 0.3) is 16.7 Å². The molecule has 21 heavy (non-hydrogen) atoms. The Morgan fingerprint density at radius 2 is 2.19 bits per heavy atom. The van der Waals surface area contributed by atoms with Crippen molar-refractivity contribution < 1.29 is 0 Å². The van der Waals surface area contributed by atoms with Crippen molar-refractivity contribution in [2.75, 3.05) is 5.88 Å². The highest BCUT2D eigenvalue weighted by Crippen LogP contribution is 2.25. The first-order valence-corrected chi connectivity index (χ1v) is 7.16. The summed E-state index contributed by atoms with van der Waals surface area (Å²) in [6.45, 7) is 1.96. The van der Waals surface area contributed by atoms with Gasteiger partial charge in [-0.2, -0.15) is 10.4 Å². The van der Waals surface area contributed by atoms with E-state index in [0.29, 0.717) is 23.4 Å². The monoisotopic (exact) mass is 299 g/mol. The molecule has 0 unspecified atom stereocenters. The summed E-state index contributed by atoms with van der Waals surface area (Å²) in [6, 6.07) is 7.81. The molecule has 3 rings (SSSR count). The Morgan fingerprint density at radius 3 is 2.81 bits per heavy atom. The summed E-state index contributed by atoms with van der Waals surface area (Å²) < 4.78 is 3.82. The van der Waals surface area contributed by atoms with E-state index in [-0.39, 0.29) is 0 Å². The fourth-order valence-electron chi connectivity index (χ4n) is 2.57. The number of hydrogen-bond acceptors (Lipinski definition) is 3. The second-order valence-electron chi connectivity index (χ2n) is 4.86. The fraction of sp³-hybridized carbons (Fsp3) is 0.267. The average molecular weight is 300 g/mol. The molecule has 106 valence electrons. The van der Waals surface area contributed by atoms with Crippen molar-refractivity contribution >= 4 is 22.6 Å². The van der Waals surface area contributed by atoms with Crippen LogP contribution in [0.3, 0.4) is 0 Å². The van der Waals surface area contributed by atoms with Crippen LogP contribution in [0.2, 0.25) is 0 Å². The largest absolute Gasteiger partial charge is 0.293 e. The lowest BCUT2D eigenvalue weighted by Gasteiger charge is -2.06. The van der Waals surface area contributed by atoms with Crippen molar-refractivity contribution in [1.82, 2.24) is 19.3 Å². The smallest absolute Gasteiger partial charge is 0.115 e. The van der Waals surface area contributed by atoms with Crippen LogP contribution in [0.5, 0.6) is 0 Å². The van der Waals surface area contributed by atoms with Crippen molar-refractivity contribution in [2.45, 2.75) is 13.3 Å². The van der Waals surface area contributed by atoms with Gasteiger partial charge in [0.1, 0.15) is 17.4 Å². The molecule has 0 fully saturated rings. The van der Waals surface area contributed by atoms with E-state index in [1.54, 1.807) is 10.7 Å². The molecule has 6 heteroatoms. The first-order valence-electron chi connectivity index (χ1n) is 6.62. The van der Waals surface area contributed by atoms with Gasteiger partial charge in [0.15, 0.2) is 0 Å². The van der Waals surface area contributed by atoms with Crippen LogP contribution in [0.4, 0.5) is 0 Å². The Labute approximate surface area is 127 Å². The number of alkyl halides is 1. The molecular weight excluding hydrogens is 286 g/mol. The Hall–Kier alpha value is -2.32. The molecule has 5 nitrogen and oxygen atoms in total. The number of nitrogens with zero attached hydrogens (tertiary/aromatic N) is 5. The van der Waals surface area contributed by atoms with Crippen molar-refractivity contribution in [3.05, 3.63) is 41.5 Å². The highest BCUT2D eigenvalue weighted by molar-refractivity contribution is 6.18. The fourth-order valence-corrected chi connectivity index (χ4v) is 2.73. The Bertz CT molecular complexity index is 853. The van der Waals surface area contributed by atoms with Gasteiger partial charge in [0, 0.05) is 25.5 Å². The highest BCUT2D eigenvalue weighted by Gasteiger charge is 2.17. The summed E-state index contributed by atoms with van der Waals surface area (Å²) in [5.74, 6) is 1.32. The molecule has 0 aliphatic carbocycles. The third-order valence-corrected chi connectivity index (χ3v) is 3.61. The van der Waals surface area contributed by atoms with E-state index >= 15 is 0 Å². The summed E-state index contributed by atoms with van der Waals surface area (Å²) in [5.41, 5.74) is 4.07. The second-order valence-corrected chi connectivity index (χ2v) is 5.24. The molecule has 0 bridgehead atoms. The van der Waals surface area contributed by atoms with Crippen LogP contribution < -0.4 is 0 Å². The van der Waals surface area contributed by atoms with Crippen molar-refractivity contribution in [3.8, 4) is 11.8 Å². The number of hydrogen-bond donors (Lipinski definition) is 0. The van der Waals surface area contributed by atoms with Gasteiger partial charge in [-0.3, -0.25) is 9.25 Å². The Balaban J connectivity index is 2.37. The minimum atomic E-state index is 0.477. The van der Waals surface area contributed by atoms with E-state index in [1.807, 2.05) is 36.9 Å². The minimum absolute atomic E-state index is 0.477.